The Morgan fingerprint density at radius 1 is 1.12 bits per heavy atom. The van der Waals surface area contributed by atoms with Crippen LogP contribution < -0.4 is 34.3 Å². The van der Waals surface area contributed by atoms with Crippen molar-refractivity contribution in [3.8, 4) is 5.75 Å². The standard InChI is InChI=1S/C18H16O5S.Na/c1-23-16-9-6-12(11-17(16)24(20,21)22)10-14-8-7-13-4-2-3-5-15(13)18(14)19;/h2-6,9-11H,7-8H2,1H3,(H,20,21,22);/q;+1/p-1/b14-10+;. The first kappa shape index (κ1) is 19.9. The molecule has 2 aromatic carbocycles. The minimum absolute atomic E-state index is 0. The average Bonchev–Trinajstić information content (AvgIpc) is 2.57. The van der Waals surface area contributed by atoms with Gasteiger partial charge in [-0.3, -0.25) is 4.79 Å². The first-order valence-corrected chi connectivity index (χ1v) is 8.78. The van der Waals surface area contributed by atoms with E-state index in [1.807, 2.05) is 18.2 Å². The zero-order chi connectivity index (χ0) is 17.3. The summed E-state index contributed by atoms with van der Waals surface area (Å²) in [6.45, 7) is 0. The summed E-state index contributed by atoms with van der Waals surface area (Å²) >= 11 is 0. The van der Waals surface area contributed by atoms with Crippen molar-refractivity contribution in [2.75, 3.05) is 7.11 Å². The van der Waals surface area contributed by atoms with E-state index in [1.165, 1.54) is 19.2 Å². The minimum atomic E-state index is -4.66. The number of aryl methyl sites for hydroxylation is 1. The molecule has 25 heavy (non-hydrogen) atoms. The fourth-order valence-corrected chi connectivity index (χ4v) is 3.51. The Balaban J connectivity index is 0.00000225. The summed E-state index contributed by atoms with van der Waals surface area (Å²) in [5, 5.41) is 0. The van der Waals surface area contributed by atoms with E-state index in [0.717, 1.165) is 12.0 Å². The van der Waals surface area contributed by atoms with Gasteiger partial charge in [-0.25, -0.2) is 8.42 Å². The molecule has 0 saturated heterocycles. The number of fused-ring (bicyclic) bond motifs is 1. The van der Waals surface area contributed by atoms with Crippen LogP contribution >= 0.6 is 0 Å². The minimum Gasteiger partial charge on any atom is -0.744 e. The number of carbonyl (C=O) groups is 1. The van der Waals surface area contributed by atoms with Crippen LogP contribution in [0, 0.1) is 0 Å². The Bertz CT molecular complexity index is 948. The van der Waals surface area contributed by atoms with Crippen LogP contribution in [-0.4, -0.2) is 25.9 Å². The smallest absolute Gasteiger partial charge is 0.744 e. The van der Waals surface area contributed by atoms with Gasteiger partial charge in [0.05, 0.1) is 12.0 Å². The van der Waals surface area contributed by atoms with Gasteiger partial charge in [0, 0.05) is 11.1 Å². The predicted molar refractivity (Wildman–Crippen MR) is 88.0 cm³/mol. The predicted octanol–water partition coefficient (Wildman–Crippen LogP) is -0.184. The number of ether oxygens (including phenoxy) is 1. The second-order valence-corrected chi connectivity index (χ2v) is 6.87. The zero-order valence-corrected chi connectivity index (χ0v) is 16.8. The Morgan fingerprint density at radius 3 is 2.52 bits per heavy atom. The molecule has 3 rings (SSSR count). The topological polar surface area (TPSA) is 83.5 Å². The van der Waals surface area contributed by atoms with E-state index in [-0.39, 0.29) is 41.1 Å². The van der Waals surface area contributed by atoms with Gasteiger partial charge in [0.15, 0.2) is 5.78 Å². The first-order valence-electron chi connectivity index (χ1n) is 7.37. The molecular weight excluding hydrogens is 351 g/mol. The zero-order valence-electron chi connectivity index (χ0n) is 14.0. The molecule has 0 N–H and O–H groups in total. The van der Waals surface area contributed by atoms with E-state index in [0.29, 0.717) is 23.1 Å². The number of ketones is 1. The van der Waals surface area contributed by atoms with Gasteiger partial charge in [-0.1, -0.05) is 30.3 Å². The Morgan fingerprint density at radius 2 is 1.84 bits per heavy atom. The number of allylic oxidation sites excluding steroid dienone is 1. The third-order valence-electron chi connectivity index (χ3n) is 4.02. The molecule has 1 aliphatic carbocycles. The molecule has 0 amide bonds. The largest absolute Gasteiger partial charge is 1.00 e. The number of hydrogen-bond donors (Lipinski definition) is 0. The number of Topliss-reactive ketones (excluding diaryl/α,β-unsaturated/α-hetero) is 1. The van der Waals surface area contributed by atoms with Crippen molar-refractivity contribution in [2.24, 2.45) is 0 Å². The maximum Gasteiger partial charge on any atom is 1.00 e. The second kappa shape index (κ2) is 7.85. The number of methoxy groups -OCH3 is 1. The fourth-order valence-electron chi connectivity index (χ4n) is 2.83. The molecule has 0 fully saturated rings. The van der Waals surface area contributed by atoms with Crippen LogP contribution in [0.25, 0.3) is 6.08 Å². The molecule has 1 aliphatic rings. The number of rotatable bonds is 3. The molecule has 0 unspecified atom stereocenters. The molecule has 2 aromatic rings. The van der Waals surface area contributed by atoms with Gasteiger partial charge < -0.3 is 9.29 Å². The van der Waals surface area contributed by atoms with Gasteiger partial charge in [0.2, 0.25) is 0 Å². The number of benzene rings is 2. The van der Waals surface area contributed by atoms with Crippen LogP contribution in [0.3, 0.4) is 0 Å². The molecule has 7 heteroatoms. The molecule has 124 valence electrons. The molecule has 0 saturated carbocycles. The van der Waals surface area contributed by atoms with E-state index in [1.54, 1.807) is 18.2 Å². The summed E-state index contributed by atoms with van der Waals surface area (Å²) < 4.78 is 39.0. The van der Waals surface area contributed by atoms with E-state index in [2.05, 4.69) is 0 Å². The Hall–Kier alpha value is -1.44. The van der Waals surface area contributed by atoms with Gasteiger partial charge in [-0.05, 0) is 42.2 Å². The molecule has 5 nitrogen and oxygen atoms in total. The molecule has 0 heterocycles. The quantitative estimate of drug-likeness (QED) is 0.427. The molecule has 0 aliphatic heterocycles. The van der Waals surface area contributed by atoms with Crippen LogP contribution in [0.15, 0.2) is 52.9 Å². The summed E-state index contributed by atoms with van der Waals surface area (Å²) in [6.07, 6.45) is 2.95. The van der Waals surface area contributed by atoms with Crippen LogP contribution in [0.4, 0.5) is 0 Å². The molecule has 0 aromatic heterocycles. The molecule has 0 bridgehead atoms. The van der Waals surface area contributed by atoms with Gasteiger partial charge in [0.25, 0.3) is 0 Å². The molecular formula is C18H15NaO5S. The number of carbonyl (C=O) groups excluding carboxylic acids is 1. The second-order valence-electron chi connectivity index (χ2n) is 5.52. The summed E-state index contributed by atoms with van der Waals surface area (Å²) in [5.41, 5.74) is 2.75. The summed E-state index contributed by atoms with van der Waals surface area (Å²) in [6, 6.07) is 11.7. The van der Waals surface area contributed by atoms with Gasteiger partial charge in [-0.15, -0.1) is 0 Å². The van der Waals surface area contributed by atoms with E-state index >= 15 is 0 Å². The van der Waals surface area contributed by atoms with Crippen molar-refractivity contribution in [3.63, 3.8) is 0 Å². The van der Waals surface area contributed by atoms with Gasteiger partial charge in [0.1, 0.15) is 15.9 Å². The molecule has 0 radical (unpaired) electrons. The average molecular weight is 366 g/mol. The van der Waals surface area contributed by atoms with Crippen LogP contribution in [0.2, 0.25) is 0 Å². The Labute approximate surface area is 168 Å². The third kappa shape index (κ3) is 4.22. The Kier molecular flexibility index (Phi) is 6.24. The van der Waals surface area contributed by atoms with Crippen LogP contribution in [0.1, 0.15) is 27.9 Å². The van der Waals surface area contributed by atoms with Crippen LogP contribution in [0.5, 0.6) is 5.75 Å². The summed E-state index contributed by atoms with van der Waals surface area (Å²) in [7, 11) is -3.36. The van der Waals surface area contributed by atoms with Gasteiger partial charge >= 0.3 is 29.6 Å². The van der Waals surface area contributed by atoms with E-state index < -0.39 is 15.0 Å². The van der Waals surface area contributed by atoms with Crippen molar-refractivity contribution >= 4 is 22.0 Å². The normalized spacial score (nSPS) is 15.4. The van der Waals surface area contributed by atoms with Crippen molar-refractivity contribution in [2.45, 2.75) is 17.7 Å². The van der Waals surface area contributed by atoms with Crippen molar-refractivity contribution in [3.05, 3.63) is 64.7 Å². The van der Waals surface area contributed by atoms with Crippen LogP contribution in [-0.2, 0) is 16.5 Å². The van der Waals surface area contributed by atoms with Crippen molar-refractivity contribution in [1.82, 2.24) is 0 Å². The summed E-state index contributed by atoms with van der Waals surface area (Å²) in [4.78, 5) is 12.1. The maximum absolute atomic E-state index is 12.6. The number of hydrogen-bond acceptors (Lipinski definition) is 5. The van der Waals surface area contributed by atoms with Gasteiger partial charge in [-0.2, -0.15) is 0 Å². The van der Waals surface area contributed by atoms with Crippen molar-refractivity contribution < 1.29 is 52.1 Å². The molecule has 0 atom stereocenters. The fraction of sp³-hybridized carbons (Fsp3) is 0.167. The first-order chi connectivity index (χ1) is 11.4. The summed E-state index contributed by atoms with van der Waals surface area (Å²) in [5.74, 6) is -0.0772. The maximum atomic E-state index is 12.6. The monoisotopic (exact) mass is 366 g/mol. The van der Waals surface area contributed by atoms with E-state index in [4.69, 9.17) is 4.74 Å². The SMILES string of the molecule is COc1ccc(/C=C2\CCc3ccccc3C2=O)cc1S(=O)(=O)[O-].[Na+]. The van der Waals surface area contributed by atoms with Crippen molar-refractivity contribution in [1.29, 1.82) is 0 Å². The third-order valence-corrected chi connectivity index (χ3v) is 4.87. The van der Waals surface area contributed by atoms with E-state index in [9.17, 15) is 17.8 Å². The molecule has 0 spiro atoms.